The van der Waals surface area contributed by atoms with Crippen LogP contribution in [0.5, 0.6) is 11.5 Å². The summed E-state index contributed by atoms with van der Waals surface area (Å²) in [5.74, 6) is -0.496. The summed E-state index contributed by atoms with van der Waals surface area (Å²) in [7, 11) is 0. The van der Waals surface area contributed by atoms with Gasteiger partial charge in [0, 0.05) is 18.0 Å². The van der Waals surface area contributed by atoms with Gasteiger partial charge in [-0.2, -0.15) is 0 Å². The molecule has 2 aromatic carbocycles. The first kappa shape index (κ1) is 17.1. The van der Waals surface area contributed by atoms with E-state index in [1.54, 1.807) is 6.20 Å². The van der Waals surface area contributed by atoms with E-state index in [9.17, 15) is 15.0 Å². The van der Waals surface area contributed by atoms with Gasteiger partial charge in [-0.1, -0.05) is 23.9 Å². The van der Waals surface area contributed by atoms with Gasteiger partial charge in [0.1, 0.15) is 0 Å². The summed E-state index contributed by atoms with van der Waals surface area (Å²) in [6.45, 7) is 4.12. The van der Waals surface area contributed by atoms with Gasteiger partial charge >= 0.3 is 0 Å². The summed E-state index contributed by atoms with van der Waals surface area (Å²) in [6.07, 6.45) is 3.59. The Morgan fingerprint density at radius 1 is 1.16 bits per heavy atom. The van der Waals surface area contributed by atoms with E-state index in [-0.39, 0.29) is 23.0 Å². The van der Waals surface area contributed by atoms with E-state index in [0.29, 0.717) is 5.56 Å². The highest BCUT2D eigenvalue weighted by atomic mass is 32.2. The van der Waals surface area contributed by atoms with E-state index >= 15 is 0 Å². The number of rotatable bonds is 5. The fraction of sp³-hybridized carbons (Fsp3) is 0.158. The third kappa shape index (κ3) is 3.53. The number of carbonyl (C=O) groups is 1. The minimum atomic E-state index is -0.298. The number of benzene rings is 2. The molecule has 0 spiro atoms. The average molecular weight is 354 g/mol. The molecule has 0 aliphatic rings. The van der Waals surface area contributed by atoms with Crippen molar-refractivity contribution in [2.75, 3.05) is 5.75 Å². The van der Waals surface area contributed by atoms with Gasteiger partial charge in [0.25, 0.3) is 0 Å². The van der Waals surface area contributed by atoms with Crippen LogP contribution < -0.4 is 0 Å². The Morgan fingerprint density at radius 3 is 2.72 bits per heavy atom. The Labute approximate surface area is 150 Å². The van der Waals surface area contributed by atoms with E-state index in [1.807, 2.05) is 22.9 Å². The molecule has 0 amide bonds. The number of aromatic hydroxyl groups is 2. The van der Waals surface area contributed by atoms with Crippen LogP contribution in [0.1, 0.15) is 21.5 Å². The van der Waals surface area contributed by atoms with Crippen LogP contribution in [0.2, 0.25) is 0 Å². The van der Waals surface area contributed by atoms with Crippen molar-refractivity contribution in [2.45, 2.75) is 19.0 Å². The number of aryl methyl sites for hydroxylation is 1. The molecule has 0 fully saturated rings. The highest BCUT2D eigenvalue weighted by Gasteiger charge is 2.13. The Morgan fingerprint density at radius 2 is 1.96 bits per heavy atom. The van der Waals surface area contributed by atoms with Crippen LogP contribution in [0, 0.1) is 13.8 Å². The number of aromatic nitrogens is 2. The van der Waals surface area contributed by atoms with Gasteiger partial charge in [-0.3, -0.25) is 9.36 Å². The molecule has 0 aliphatic carbocycles. The Bertz CT molecular complexity index is 934. The first-order valence-electron chi connectivity index (χ1n) is 7.75. The largest absolute Gasteiger partial charge is 0.504 e. The van der Waals surface area contributed by atoms with Crippen LogP contribution in [-0.4, -0.2) is 31.3 Å². The van der Waals surface area contributed by atoms with Crippen molar-refractivity contribution in [1.29, 1.82) is 0 Å². The van der Waals surface area contributed by atoms with Crippen LogP contribution >= 0.6 is 11.8 Å². The van der Waals surface area contributed by atoms with E-state index < -0.39 is 0 Å². The zero-order chi connectivity index (χ0) is 18.0. The third-order valence-corrected chi connectivity index (χ3v) is 5.04. The fourth-order valence-electron chi connectivity index (χ4n) is 2.49. The van der Waals surface area contributed by atoms with Gasteiger partial charge in [0.15, 0.2) is 22.4 Å². The molecule has 128 valence electrons. The van der Waals surface area contributed by atoms with Crippen molar-refractivity contribution in [3.8, 4) is 17.2 Å². The summed E-state index contributed by atoms with van der Waals surface area (Å²) in [5.41, 5.74) is 3.75. The summed E-state index contributed by atoms with van der Waals surface area (Å²) < 4.78 is 1.97. The first-order chi connectivity index (χ1) is 12.0. The molecule has 0 aliphatic heterocycles. The normalized spacial score (nSPS) is 10.8. The number of Topliss-reactive ketones (excluding diaryl/α,β-unsaturated/α-hetero) is 1. The first-order valence-corrected chi connectivity index (χ1v) is 8.74. The molecule has 3 aromatic rings. The van der Waals surface area contributed by atoms with Crippen molar-refractivity contribution in [3.05, 3.63) is 65.5 Å². The second-order valence-corrected chi connectivity index (χ2v) is 6.66. The number of carbonyl (C=O) groups excluding carboxylic acids is 1. The standard InChI is InChI=1S/C19H18N2O3S/c1-12-4-3-5-15(13(12)2)21-9-8-20-19(21)25-11-18(24)14-6-7-16(22)17(23)10-14/h3-10,22-23H,11H2,1-2H3. The van der Waals surface area contributed by atoms with Gasteiger partial charge < -0.3 is 10.2 Å². The molecule has 0 radical (unpaired) electrons. The van der Waals surface area contributed by atoms with Crippen molar-refractivity contribution >= 4 is 17.5 Å². The number of hydrogen-bond acceptors (Lipinski definition) is 5. The van der Waals surface area contributed by atoms with Crippen LogP contribution in [0.25, 0.3) is 5.69 Å². The van der Waals surface area contributed by atoms with E-state index in [0.717, 1.165) is 16.4 Å². The number of hydrogen-bond donors (Lipinski definition) is 2. The molecule has 6 heteroatoms. The molecule has 0 bridgehead atoms. The van der Waals surface area contributed by atoms with Crippen molar-refractivity contribution in [3.63, 3.8) is 0 Å². The monoisotopic (exact) mass is 354 g/mol. The lowest BCUT2D eigenvalue weighted by atomic mass is 10.1. The quantitative estimate of drug-likeness (QED) is 0.413. The molecule has 1 heterocycles. The summed E-state index contributed by atoms with van der Waals surface area (Å²) in [5, 5.41) is 19.6. The number of imidazole rings is 1. The molecule has 0 saturated heterocycles. The molecule has 3 rings (SSSR count). The summed E-state index contributed by atoms with van der Waals surface area (Å²) in [4.78, 5) is 16.7. The fourth-order valence-corrected chi connectivity index (χ4v) is 3.35. The Balaban J connectivity index is 1.79. The van der Waals surface area contributed by atoms with Crippen LogP contribution in [-0.2, 0) is 0 Å². The maximum Gasteiger partial charge on any atom is 0.173 e. The Hall–Kier alpha value is -2.73. The SMILES string of the molecule is Cc1cccc(-n2ccnc2SCC(=O)c2ccc(O)c(O)c2)c1C. The van der Waals surface area contributed by atoms with E-state index in [2.05, 4.69) is 24.9 Å². The lowest BCUT2D eigenvalue weighted by Crippen LogP contribution is -2.05. The van der Waals surface area contributed by atoms with Crippen molar-refractivity contribution in [2.24, 2.45) is 0 Å². The van der Waals surface area contributed by atoms with Crippen LogP contribution in [0.3, 0.4) is 0 Å². The predicted octanol–water partition coefficient (Wildman–Crippen LogP) is 3.88. The number of ketones is 1. The lowest BCUT2D eigenvalue weighted by Gasteiger charge is -2.12. The third-order valence-electron chi connectivity index (χ3n) is 4.07. The predicted molar refractivity (Wildman–Crippen MR) is 97.9 cm³/mol. The molecule has 25 heavy (non-hydrogen) atoms. The lowest BCUT2D eigenvalue weighted by molar-refractivity contribution is 0.102. The van der Waals surface area contributed by atoms with E-state index in [1.165, 1.54) is 35.5 Å². The number of nitrogens with zero attached hydrogens (tertiary/aromatic N) is 2. The van der Waals surface area contributed by atoms with Gasteiger partial charge in [-0.05, 0) is 49.2 Å². The molecule has 5 nitrogen and oxygen atoms in total. The zero-order valence-corrected chi connectivity index (χ0v) is 14.7. The van der Waals surface area contributed by atoms with Crippen molar-refractivity contribution in [1.82, 2.24) is 9.55 Å². The molecule has 0 atom stereocenters. The Kier molecular flexibility index (Phi) is 4.81. The molecular formula is C19H18N2O3S. The molecular weight excluding hydrogens is 336 g/mol. The van der Waals surface area contributed by atoms with Gasteiger partial charge in [0.2, 0.25) is 0 Å². The average Bonchev–Trinajstić information content (AvgIpc) is 3.06. The van der Waals surface area contributed by atoms with Gasteiger partial charge in [-0.25, -0.2) is 4.98 Å². The topological polar surface area (TPSA) is 75.4 Å². The van der Waals surface area contributed by atoms with Crippen molar-refractivity contribution < 1.29 is 15.0 Å². The second kappa shape index (κ2) is 7.03. The molecule has 0 saturated carbocycles. The van der Waals surface area contributed by atoms with Crippen LogP contribution in [0.15, 0.2) is 53.9 Å². The molecule has 1 aromatic heterocycles. The van der Waals surface area contributed by atoms with Gasteiger partial charge in [0.05, 0.1) is 11.4 Å². The number of thioether (sulfide) groups is 1. The van der Waals surface area contributed by atoms with Gasteiger partial charge in [-0.15, -0.1) is 0 Å². The zero-order valence-electron chi connectivity index (χ0n) is 13.9. The van der Waals surface area contributed by atoms with E-state index in [4.69, 9.17) is 0 Å². The number of phenols is 2. The summed E-state index contributed by atoms with van der Waals surface area (Å²) >= 11 is 1.33. The highest BCUT2D eigenvalue weighted by molar-refractivity contribution is 7.99. The second-order valence-electron chi connectivity index (χ2n) is 5.71. The van der Waals surface area contributed by atoms with Crippen LogP contribution in [0.4, 0.5) is 0 Å². The molecule has 2 N–H and O–H groups in total. The smallest absolute Gasteiger partial charge is 0.173 e. The maximum absolute atomic E-state index is 12.3. The maximum atomic E-state index is 12.3. The minimum Gasteiger partial charge on any atom is -0.504 e. The minimum absolute atomic E-state index is 0.143. The highest BCUT2D eigenvalue weighted by Crippen LogP contribution is 2.27. The molecule has 0 unspecified atom stereocenters. The summed E-state index contributed by atoms with van der Waals surface area (Å²) in [6, 6.07) is 10.2. The number of phenolic OH excluding ortho intramolecular Hbond substituents is 2.